The van der Waals surface area contributed by atoms with Gasteiger partial charge in [0.15, 0.2) is 0 Å². The van der Waals surface area contributed by atoms with Gasteiger partial charge in [0.05, 0.1) is 11.8 Å². The minimum Gasteiger partial charge on any atom is -0.481 e. The first kappa shape index (κ1) is 14.7. The Morgan fingerprint density at radius 1 is 1.21 bits per heavy atom. The molecule has 2 unspecified atom stereocenters. The lowest BCUT2D eigenvalue weighted by atomic mass is 9.95. The van der Waals surface area contributed by atoms with Gasteiger partial charge in [0.1, 0.15) is 0 Å². The quantitative estimate of drug-likeness (QED) is 0.813. The van der Waals surface area contributed by atoms with Crippen molar-refractivity contribution in [2.24, 2.45) is 11.8 Å². The molecule has 0 aromatic rings. The van der Waals surface area contributed by atoms with Crippen LogP contribution in [0, 0.1) is 11.8 Å². The molecule has 0 spiro atoms. The van der Waals surface area contributed by atoms with Crippen molar-refractivity contribution in [3.05, 3.63) is 0 Å². The van der Waals surface area contributed by atoms with Gasteiger partial charge >= 0.3 is 5.97 Å². The average molecular weight is 285 g/mol. The molecular weight excluding hydrogens is 262 g/mol. The van der Waals surface area contributed by atoms with Crippen LogP contribution < -0.4 is 5.32 Å². The number of amides is 1. The number of hydrogen-bond donors (Lipinski definition) is 2. The number of thioether (sulfide) groups is 1. The van der Waals surface area contributed by atoms with Gasteiger partial charge in [0.2, 0.25) is 5.91 Å². The molecule has 5 heteroatoms. The minimum absolute atomic E-state index is 0.0305. The van der Waals surface area contributed by atoms with Crippen molar-refractivity contribution >= 4 is 23.6 Å². The first-order valence-electron chi connectivity index (χ1n) is 7.26. The van der Waals surface area contributed by atoms with Gasteiger partial charge in [-0.15, -0.1) is 0 Å². The van der Waals surface area contributed by atoms with Crippen LogP contribution in [-0.2, 0) is 9.59 Å². The van der Waals surface area contributed by atoms with Gasteiger partial charge in [-0.3, -0.25) is 9.59 Å². The molecule has 0 aliphatic heterocycles. The van der Waals surface area contributed by atoms with E-state index in [0.29, 0.717) is 11.7 Å². The largest absolute Gasteiger partial charge is 0.481 e. The summed E-state index contributed by atoms with van der Waals surface area (Å²) in [5.74, 6) is -0.507. The van der Waals surface area contributed by atoms with Crippen molar-refractivity contribution in [3.8, 4) is 0 Å². The first-order chi connectivity index (χ1) is 9.11. The number of carbonyl (C=O) groups excluding carboxylic acids is 1. The van der Waals surface area contributed by atoms with Crippen molar-refractivity contribution in [2.75, 3.05) is 5.75 Å². The van der Waals surface area contributed by atoms with Gasteiger partial charge in [0.25, 0.3) is 0 Å². The van der Waals surface area contributed by atoms with E-state index in [1.165, 1.54) is 0 Å². The Labute approximate surface area is 118 Å². The monoisotopic (exact) mass is 285 g/mol. The molecule has 2 N–H and O–H groups in total. The summed E-state index contributed by atoms with van der Waals surface area (Å²) in [6.45, 7) is 2.16. The van der Waals surface area contributed by atoms with Gasteiger partial charge in [0, 0.05) is 11.3 Å². The predicted molar refractivity (Wildman–Crippen MR) is 76.2 cm³/mol. The highest BCUT2D eigenvalue weighted by Crippen LogP contribution is 2.34. The molecule has 0 aromatic heterocycles. The van der Waals surface area contributed by atoms with Crippen LogP contribution in [0.4, 0.5) is 0 Å². The molecule has 2 aliphatic rings. The molecule has 0 radical (unpaired) electrons. The van der Waals surface area contributed by atoms with Crippen LogP contribution in [0.1, 0.15) is 45.4 Å². The topological polar surface area (TPSA) is 66.4 Å². The average Bonchev–Trinajstić information content (AvgIpc) is 2.98. The van der Waals surface area contributed by atoms with E-state index in [9.17, 15) is 9.59 Å². The number of aliphatic carboxylic acids is 1. The Bertz CT molecular complexity index is 348. The molecule has 4 atom stereocenters. The number of carboxylic acids is 1. The molecule has 19 heavy (non-hydrogen) atoms. The molecule has 2 rings (SSSR count). The van der Waals surface area contributed by atoms with Crippen LogP contribution in [0.3, 0.4) is 0 Å². The zero-order valence-electron chi connectivity index (χ0n) is 11.4. The summed E-state index contributed by atoms with van der Waals surface area (Å²) in [6, 6.07) is 0.256. The summed E-state index contributed by atoms with van der Waals surface area (Å²) in [5, 5.41) is 12.9. The van der Waals surface area contributed by atoms with Crippen molar-refractivity contribution in [1.29, 1.82) is 0 Å². The molecule has 2 fully saturated rings. The van der Waals surface area contributed by atoms with E-state index < -0.39 is 11.9 Å². The van der Waals surface area contributed by atoms with Crippen LogP contribution in [0.25, 0.3) is 0 Å². The van der Waals surface area contributed by atoms with Crippen LogP contribution in [0.2, 0.25) is 0 Å². The predicted octanol–water partition coefficient (Wildman–Crippen LogP) is 2.28. The SMILES string of the molecule is CCSC1CCC(NC(=O)[C@@H]2CCC[C@@H]2C(=O)O)C1. The molecule has 2 saturated carbocycles. The Kier molecular flexibility index (Phi) is 5.13. The highest BCUT2D eigenvalue weighted by molar-refractivity contribution is 7.99. The standard InChI is InChI=1S/C14H23NO3S/c1-2-19-10-7-6-9(8-10)15-13(16)11-4-3-5-12(11)14(17)18/h9-12H,2-8H2,1H3,(H,15,16)(H,17,18)/t9?,10?,11-,12+/m1/s1. The first-order valence-corrected chi connectivity index (χ1v) is 8.31. The number of carboxylic acid groups (broad SMARTS) is 1. The molecule has 0 heterocycles. The van der Waals surface area contributed by atoms with Crippen LogP contribution in [0.5, 0.6) is 0 Å². The highest BCUT2D eigenvalue weighted by Gasteiger charge is 2.39. The van der Waals surface area contributed by atoms with Crippen molar-refractivity contribution < 1.29 is 14.7 Å². The molecule has 0 saturated heterocycles. The molecular formula is C14H23NO3S. The fraction of sp³-hybridized carbons (Fsp3) is 0.857. The normalized spacial score (nSPS) is 34.4. The van der Waals surface area contributed by atoms with Crippen molar-refractivity contribution in [2.45, 2.75) is 56.7 Å². The van der Waals surface area contributed by atoms with E-state index in [0.717, 1.165) is 37.9 Å². The Morgan fingerprint density at radius 2 is 1.95 bits per heavy atom. The summed E-state index contributed by atoms with van der Waals surface area (Å²) in [4.78, 5) is 23.3. The molecule has 4 nitrogen and oxygen atoms in total. The maximum Gasteiger partial charge on any atom is 0.307 e. The number of hydrogen-bond acceptors (Lipinski definition) is 3. The van der Waals surface area contributed by atoms with Crippen LogP contribution >= 0.6 is 11.8 Å². The Morgan fingerprint density at radius 3 is 2.63 bits per heavy atom. The summed E-state index contributed by atoms with van der Waals surface area (Å²) in [7, 11) is 0. The minimum atomic E-state index is -0.816. The van der Waals surface area contributed by atoms with Crippen LogP contribution in [0.15, 0.2) is 0 Å². The summed E-state index contributed by atoms with van der Waals surface area (Å²) >= 11 is 1.96. The highest BCUT2D eigenvalue weighted by atomic mass is 32.2. The van der Waals surface area contributed by atoms with E-state index in [2.05, 4.69) is 12.2 Å². The smallest absolute Gasteiger partial charge is 0.307 e. The van der Waals surface area contributed by atoms with Crippen molar-refractivity contribution in [1.82, 2.24) is 5.32 Å². The fourth-order valence-corrected chi connectivity index (χ4v) is 4.48. The van der Waals surface area contributed by atoms with E-state index in [4.69, 9.17) is 5.11 Å². The molecule has 0 aromatic carbocycles. The van der Waals surface area contributed by atoms with Gasteiger partial charge in [-0.25, -0.2) is 0 Å². The van der Waals surface area contributed by atoms with E-state index in [1.807, 2.05) is 11.8 Å². The third-order valence-electron chi connectivity index (χ3n) is 4.30. The summed E-state index contributed by atoms with van der Waals surface area (Å²) in [6.07, 6.45) is 5.46. The summed E-state index contributed by atoms with van der Waals surface area (Å²) in [5.41, 5.74) is 0. The second-order valence-corrected chi connectivity index (χ2v) is 7.16. The maximum atomic E-state index is 12.2. The molecule has 1 amide bonds. The Balaban J connectivity index is 1.83. The maximum absolute atomic E-state index is 12.2. The summed E-state index contributed by atoms with van der Waals surface area (Å²) < 4.78 is 0. The fourth-order valence-electron chi connectivity index (χ4n) is 3.34. The molecule has 108 valence electrons. The van der Waals surface area contributed by atoms with Gasteiger partial charge in [-0.1, -0.05) is 13.3 Å². The lowest BCUT2D eigenvalue weighted by molar-refractivity contribution is -0.146. The number of carbonyl (C=O) groups is 2. The second kappa shape index (κ2) is 6.64. The van der Waals surface area contributed by atoms with E-state index in [1.54, 1.807) is 0 Å². The third-order valence-corrected chi connectivity index (χ3v) is 5.54. The molecule has 0 bridgehead atoms. The number of rotatable bonds is 5. The van der Waals surface area contributed by atoms with Gasteiger partial charge in [-0.05, 0) is 37.9 Å². The lowest BCUT2D eigenvalue weighted by Gasteiger charge is -2.19. The Hall–Kier alpha value is -0.710. The molecule has 2 aliphatic carbocycles. The lowest BCUT2D eigenvalue weighted by Crippen LogP contribution is -2.40. The van der Waals surface area contributed by atoms with Gasteiger partial charge < -0.3 is 10.4 Å². The second-order valence-electron chi connectivity index (χ2n) is 5.58. The van der Waals surface area contributed by atoms with Crippen molar-refractivity contribution in [3.63, 3.8) is 0 Å². The van der Waals surface area contributed by atoms with Gasteiger partial charge in [-0.2, -0.15) is 11.8 Å². The zero-order valence-corrected chi connectivity index (χ0v) is 12.2. The van der Waals surface area contributed by atoms with E-state index in [-0.39, 0.29) is 17.9 Å². The third kappa shape index (κ3) is 3.65. The number of nitrogens with one attached hydrogen (secondary N) is 1. The zero-order chi connectivity index (χ0) is 13.8. The van der Waals surface area contributed by atoms with Crippen LogP contribution in [-0.4, -0.2) is 34.0 Å². The van der Waals surface area contributed by atoms with E-state index >= 15 is 0 Å².